The van der Waals surface area contributed by atoms with Crippen LogP contribution in [0.2, 0.25) is 0 Å². The van der Waals surface area contributed by atoms with Crippen LogP contribution in [-0.4, -0.2) is 35.1 Å². The first-order chi connectivity index (χ1) is 8.20. The Morgan fingerprint density at radius 3 is 2.59 bits per heavy atom. The molecule has 0 bridgehead atoms. The van der Waals surface area contributed by atoms with Crippen LogP contribution in [0.1, 0.15) is 18.9 Å². The molecule has 1 aliphatic heterocycles. The Kier molecular flexibility index (Phi) is 3.79. The van der Waals surface area contributed by atoms with Crippen molar-refractivity contribution in [1.29, 1.82) is 0 Å². The molecule has 1 aliphatic rings. The van der Waals surface area contributed by atoms with Gasteiger partial charge in [-0.15, -0.1) is 0 Å². The highest BCUT2D eigenvalue weighted by Crippen LogP contribution is 2.23. The summed E-state index contributed by atoms with van der Waals surface area (Å²) >= 11 is 0. The predicted molar refractivity (Wildman–Crippen MR) is 66.9 cm³/mol. The molecule has 0 radical (unpaired) electrons. The van der Waals surface area contributed by atoms with Gasteiger partial charge in [-0.05, 0) is 17.9 Å². The summed E-state index contributed by atoms with van der Waals surface area (Å²) in [6.45, 7) is 4.02. The summed E-state index contributed by atoms with van der Waals surface area (Å²) in [5.74, 6) is -0.0176. The Morgan fingerprint density at radius 1 is 1.41 bits per heavy atom. The second kappa shape index (κ2) is 5.32. The van der Waals surface area contributed by atoms with E-state index in [1.807, 2.05) is 30.3 Å². The van der Waals surface area contributed by atoms with Crippen molar-refractivity contribution in [3.05, 3.63) is 35.9 Å². The molecule has 1 unspecified atom stereocenters. The normalized spacial score (nSPS) is 18.6. The molecule has 1 N–H and O–H groups in total. The minimum Gasteiger partial charge on any atom is -0.480 e. The average molecular weight is 233 g/mol. The van der Waals surface area contributed by atoms with E-state index in [4.69, 9.17) is 0 Å². The topological polar surface area (TPSA) is 40.5 Å². The lowest BCUT2D eigenvalue weighted by Crippen LogP contribution is -2.55. The van der Waals surface area contributed by atoms with Gasteiger partial charge in [0, 0.05) is 13.1 Å². The minimum absolute atomic E-state index is 0.361. The maximum atomic E-state index is 11.3. The minimum atomic E-state index is -0.705. The first-order valence-electron chi connectivity index (χ1n) is 6.21. The predicted octanol–water partition coefficient (Wildman–Crippen LogP) is 2.02. The molecule has 2 rings (SSSR count). The second-order valence-corrected chi connectivity index (χ2v) is 4.77. The highest BCUT2D eigenvalue weighted by Gasteiger charge is 2.34. The summed E-state index contributed by atoms with van der Waals surface area (Å²) < 4.78 is 0. The van der Waals surface area contributed by atoms with E-state index in [1.54, 1.807) is 0 Å². The van der Waals surface area contributed by atoms with Crippen molar-refractivity contribution in [2.45, 2.75) is 25.8 Å². The molecule has 1 fully saturated rings. The number of carbonyl (C=O) groups is 1. The van der Waals surface area contributed by atoms with Gasteiger partial charge in [0.05, 0.1) is 0 Å². The van der Waals surface area contributed by atoms with E-state index in [0.29, 0.717) is 12.3 Å². The van der Waals surface area contributed by atoms with Crippen LogP contribution in [0, 0.1) is 5.92 Å². The summed E-state index contributed by atoms with van der Waals surface area (Å²) in [6.07, 6.45) is 1.75. The summed E-state index contributed by atoms with van der Waals surface area (Å²) in [5.41, 5.74) is 1.10. The zero-order chi connectivity index (χ0) is 12.3. The molecule has 1 atom stereocenters. The highest BCUT2D eigenvalue weighted by molar-refractivity contribution is 5.74. The van der Waals surface area contributed by atoms with E-state index < -0.39 is 5.97 Å². The van der Waals surface area contributed by atoms with Gasteiger partial charge in [-0.3, -0.25) is 9.69 Å². The van der Waals surface area contributed by atoms with Crippen molar-refractivity contribution in [2.75, 3.05) is 13.1 Å². The highest BCUT2D eigenvalue weighted by atomic mass is 16.4. The maximum Gasteiger partial charge on any atom is 0.321 e. The number of rotatable bonds is 5. The molecule has 92 valence electrons. The number of benzene rings is 1. The van der Waals surface area contributed by atoms with Crippen LogP contribution in [0.5, 0.6) is 0 Å². The van der Waals surface area contributed by atoms with Crippen molar-refractivity contribution in [2.24, 2.45) is 5.92 Å². The van der Waals surface area contributed by atoms with Gasteiger partial charge >= 0.3 is 5.97 Å². The number of carboxylic acids is 1. The van der Waals surface area contributed by atoms with Gasteiger partial charge in [-0.2, -0.15) is 0 Å². The fraction of sp³-hybridized carbons (Fsp3) is 0.500. The summed E-state index contributed by atoms with van der Waals surface area (Å²) in [5, 5.41) is 9.29. The number of carboxylic acid groups (broad SMARTS) is 1. The molecule has 1 saturated heterocycles. The lowest BCUT2D eigenvalue weighted by Gasteiger charge is -2.42. The third-order valence-corrected chi connectivity index (χ3v) is 3.56. The molecule has 0 aliphatic carbocycles. The zero-order valence-electron chi connectivity index (χ0n) is 10.2. The van der Waals surface area contributed by atoms with Crippen molar-refractivity contribution in [3.8, 4) is 0 Å². The van der Waals surface area contributed by atoms with Crippen LogP contribution in [0.3, 0.4) is 0 Å². The second-order valence-electron chi connectivity index (χ2n) is 4.77. The molecule has 1 aromatic rings. The van der Waals surface area contributed by atoms with Crippen LogP contribution in [0.25, 0.3) is 0 Å². The Bertz CT molecular complexity index is 371. The van der Waals surface area contributed by atoms with E-state index in [1.165, 1.54) is 0 Å². The first kappa shape index (κ1) is 12.1. The molecule has 1 heterocycles. The van der Waals surface area contributed by atoms with E-state index in [9.17, 15) is 9.90 Å². The summed E-state index contributed by atoms with van der Waals surface area (Å²) in [4.78, 5) is 13.4. The van der Waals surface area contributed by atoms with Crippen LogP contribution >= 0.6 is 0 Å². The maximum absolute atomic E-state index is 11.3. The Hall–Kier alpha value is -1.35. The van der Waals surface area contributed by atoms with Gasteiger partial charge in [0.25, 0.3) is 0 Å². The van der Waals surface area contributed by atoms with Crippen molar-refractivity contribution >= 4 is 5.97 Å². The first-order valence-corrected chi connectivity index (χ1v) is 6.21. The molecular formula is C14H19NO2. The summed E-state index contributed by atoms with van der Waals surface area (Å²) in [7, 11) is 0. The van der Waals surface area contributed by atoms with E-state index >= 15 is 0 Å². The van der Waals surface area contributed by atoms with Crippen molar-refractivity contribution in [1.82, 2.24) is 4.90 Å². The Morgan fingerprint density at radius 2 is 2.06 bits per heavy atom. The van der Waals surface area contributed by atoms with Gasteiger partial charge in [-0.25, -0.2) is 0 Å². The molecule has 3 nitrogen and oxygen atoms in total. The Labute approximate surface area is 102 Å². The van der Waals surface area contributed by atoms with E-state index in [0.717, 1.165) is 25.1 Å². The molecule has 1 aromatic carbocycles. The van der Waals surface area contributed by atoms with Crippen LogP contribution in [0.4, 0.5) is 0 Å². The number of nitrogens with zero attached hydrogens (tertiary/aromatic N) is 1. The monoisotopic (exact) mass is 233 g/mol. The molecular weight excluding hydrogens is 214 g/mol. The van der Waals surface area contributed by atoms with Crippen molar-refractivity contribution in [3.63, 3.8) is 0 Å². The van der Waals surface area contributed by atoms with Crippen LogP contribution in [0.15, 0.2) is 30.3 Å². The molecule has 3 heteroatoms. The molecule has 0 aromatic heterocycles. The molecule has 17 heavy (non-hydrogen) atoms. The third kappa shape index (κ3) is 2.86. The number of likely N-dealkylation sites (tertiary alicyclic amines) is 1. The average Bonchev–Trinajstić information content (AvgIpc) is 2.27. The lowest BCUT2D eigenvalue weighted by molar-refractivity contribution is -0.146. The fourth-order valence-electron chi connectivity index (χ4n) is 2.33. The quantitative estimate of drug-likeness (QED) is 0.846. The summed E-state index contributed by atoms with van der Waals surface area (Å²) in [6, 6.07) is 9.49. The van der Waals surface area contributed by atoms with E-state index in [2.05, 4.69) is 11.8 Å². The van der Waals surface area contributed by atoms with E-state index in [-0.39, 0.29) is 6.04 Å². The largest absolute Gasteiger partial charge is 0.480 e. The third-order valence-electron chi connectivity index (χ3n) is 3.56. The molecule has 0 spiro atoms. The smallest absolute Gasteiger partial charge is 0.321 e. The molecule has 0 saturated carbocycles. The van der Waals surface area contributed by atoms with Crippen molar-refractivity contribution < 1.29 is 9.90 Å². The SMILES string of the molecule is CCC1CN(C(Cc2ccccc2)C(=O)O)C1. The molecule has 0 amide bonds. The fourth-order valence-corrected chi connectivity index (χ4v) is 2.33. The number of aliphatic carboxylic acids is 1. The van der Waals surface area contributed by atoms with Gasteiger partial charge in [-0.1, -0.05) is 43.7 Å². The van der Waals surface area contributed by atoms with Crippen LogP contribution in [-0.2, 0) is 11.2 Å². The standard InChI is InChI=1S/C14H19NO2/c1-2-11-9-15(10-11)13(14(16)17)8-12-6-4-3-5-7-12/h3-7,11,13H,2,8-10H2,1H3,(H,16,17). The van der Waals surface area contributed by atoms with Gasteiger partial charge in [0.2, 0.25) is 0 Å². The van der Waals surface area contributed by atoms with Gasteiger partial charge in [0.15, 0.2) is 0 Å². The Balaban J connectivity index is 1.97. The van der Waals surface area contributed by atoms with Gasteiger partial charge < -0.3 is 5.11 Å². The number of hydrogen-bond acceptors (Lipinski definition) is 2. The van der Waals surface area contributed by atoms with Gasteiger partial charge in [0.1, 0.15) is 6.04 Å². The zero-order valence-corrected chi connectivity index (χ0v) is 10.2. The number of hydrogen-bond donors (Lipinski definition) is 1. The lowest BCUT2D eigenvalue weighted by atomic mass is 9.93. The van der Waals surface area contributed by atoms with Crippen LogP contribution < -0.4 is 0 Å².